The van der Waals surface area contributed by atoms with Crippen molar-refractivity contribution in [3.05, 3.63) is 33.8 Å². The fourth-order valence-corrected chi connectivity index (χ4v) is 2.99. The Morgan fingerprint density at radius 3 is 2.44 bits per heavy atom. The largest absolute Gasteiger partial charge is 0.481 e. The minimum atomic E-state index is -0.710. The molecule has 1 aromatic carbocycles. The van der Waals surface area contributed by atoms with E-state index in [9.17, 15) is 9.90 Å². The molecule has 0 radical (unpaired) electrons. The zero-order valence-electron chi connectivity index (χ0n) is 9.67. The Morgan fingerprint density at radius 2 is 2.00 bits per heavy atom. The van der Waals surface area contributed by atoms with Gasteiger partial charge in [-0.25, -0.2) is 0 Å². The van der Waals surface area contributed by atoms with E-state index < -0.39 is 11.4 Å². The quantitative estimate of drug-likeness (QED) is 0.901. The molecule has 0 bridgehead atoms. The molecule has 86 valence electrons. The fraction of sp³-hybridized carbons (Fsp3) is 0.462. The maximum atomic E-state index is 11.5. The number of rotatable bonds is 2. The van der Waals surface area contributed by atoms with Crippen molar-refractivity contribution in [3.8, 4) is 0 Å². The van der Waals surface area contributed by atoms with Crippen molar-refractivity contribution in [2.45, 2.75) is 32.6 Å². The zero-order valence-corrected chi connectivity index (χ0v) is 11.3. The fourth-order valence-electron chi connectivity index (χ4n) is 2.63. The lowest BCUT2D eigenvalue weighted by molar-refractivity contribution is -0.141. The predicted molar refractivity (Wildman–Crippen MR) is 66.6 cm³/mol. The van der Waals surface area contributed by atoms with Gasteiger partial charge < -0.3 is 5.11 Å². The number of aliphatic carboxylic acids is 1. The third kappa shape index (κ3) is 1.34. The second kappa shape index (κ2) is 3.33. The van der Waals surface area contributed by atoms with E-state index in [-0.39, 0.29) is 5.41 Å². The topological polar surface area (TPSA) is 37.3 Å². The molecule has 0 aliphatic heterocycles. The summed E-state index contributed by atoms with van der Waals surface area (Å²) in [5, 5.41) is 9.49. The number of carboxylic acid groups (broad SMARTS) is 1. The molecule has 1 atom stereocenters. The third-order valence-electron chi connectivity index (χ3n) is 3.83. The summed E-state index contributed by atoms with van der Waals surface area (Å²) in [5.41, 5.74) is 1.14. The summed E-state index contributed by atoms with van der Waals surface area (Å²) in [7, 11) is 0. The lowest BCUT2D eigenvalue weighted by Crippen LogP contribution is -2.26. The first-order valence-electron chi connectivity index (χ1n) is 5.32. The number of hydrogen-bond donors (Lipinski definition) is 1. The first kappa shape index (κ1) is 11.6. The molecule has 16 heavy (non-hydrogen) atoms. The van der Waals surface area contributed by atoms with Crippen molar-refractivity contribution in [3.63, 3.8) is 0 Å². The van der Waals surface area contributed by atoms with Crippen molar-refractivity contribution in [1.82, 2.24) is 0 Å². The third-order valence-corrected chi connectivity index (χ3v) is 4.69. The molecular formula is C13H15BrO2. The molecule has 0 spiro atoms. The Morgan fingerprint density at radius 1 is 1.44 bits per heavy atom. The van der Waals surface area contributed by atoms with E-state index in [1.807, 2.05) is 39.0 Å². The van der Waals surface area contributed by atoms with Gasteiger partial charge in [0, 0.05) is 4.47 Å². The van der Waals surface area contributed by atoms with Crippen molar-refractivity contribution in [2.24, 2.45) is 5.41 Å². The Bertz CT molecular complexity index is 465. The van der Waals surface area contributed by atoms with Gasteiger partial charge in [-0.3, -0.25) is 4.79 Å². The van der Waals surface area contributed by atoms with Crippen LogP contribution in [0.5, 0.6) is 0 Å². The zero-order chi connectivity index (χ0) is 12.1. The first-order chi connectivity index (χ1) is 7.33. The van der Waals surface area contributed by atoms with Crippen LogP contribution < -0.4 is 0 Å². The SMILES string of the molecule is Cc1c(Br)cccc1C1(C(=O)O)CC1(C)C. The van der Waals surface area contributed by atoms with Gasteiger partial charge in [0.05, 0.1) is 5.41 Å². The van der Waals surface area contributed by atoms with Crippen LogP contribution in [0.3, 0.4) is 0 Å². The van der Waals surface area contributed by atoms with Crippen LogP contribution in [-0.4, -0.2) is 11.1 Å². The smallest absolute Gasteiger partial charge is 0.314 e. The molecule has 1 unspecified atom stereocenters. The van der Waals surface area contributed by atoms with Gasteiger partial charge >= 0.3 is 5.97 Å². The lowest BCUT2D eigenvalue weighted by atomic mass is 9.85. The van der Waals surface area contributed by atoms with Gasteiger partial charge in [-0.2, -0.15) is 0 Å². The molecule has 2 nitrogen and oxygen atoms in total. The van der Waals surface area contributed by atoms with E-state index in [4.69, 9.17) is 0 Å². The Labute approximate surface area is 104 Å². The summed E-state index contributed by atoms with van der Waals surface area (Å²) in [6.45, 7) is 6.00. The van der Waals surface area contributed by atoms with E-state index in [0.717, 1.165) is 15.6 Å². The van der Waals surface area contributed by atoms with Gasteiger partial charge in [-0.05, 0) is 36.0 Å². The van der Waals surface area contributed by atoms with E-state index in [0.29, 0.717) is 6.42 Å². The molecule has 3 heteroatoms. The normalized spacial score (nSPS) is 26.5. The Balaban J connectivity index is 2.60. The number of halogens is 1. The van der Waals surface area contributed by atoms with Crippen molar-refractivity contribution < 1.29 is 9.90 Å². The first-order valence-corrected chi connectivity index (χ1v) is 6.11. The van der Waals surface area contributed by atoms with E-state index in [1.165, 1.54) is 0 Å². The highest BCUT2D eigenvalue weighted by Gasteiger charge is 2.68. The van der Waals surface area contributed by atoms with E-state index in [2.05, 4.69) is 15.9 Å². The van der Waals surface area contributed by atoms with Gasteiger partial charge in [-0.1, -0.05) is 41.9 Å². The molecular weight excluding hydrogens is 268 g/mol. The van der Waals surface area contributed by atoms with Crippen molar-refractivity contribution in [2.75, 3.05) is 0 Å². The molecule has 1 aromatic rings. The summed E-state index contributed by atoms with van der Waals surface area (Å²) in [6.07, 6.45) is 0.715. The Kier molecular flexibility index (Phi) is 2.42. The second-order valence-corrected chi connectivity index (χ2v) is 6.04. The van der Waals surface area contributed by atoms with Gasteiger partial charge in [0.15, 0.2) is 0 Å². The molecule has 1 saturated carbocycles. The van der Waals surface area contributed by atoms with Crippen LogP contribution >= 0.6 is 15.9 Å². The van der Waals surface area contributed by atoms with Gasteiger partial charge in [0.2, 0.25) is 0 Å². The molecule has 1 aliphatic carbocycles. The second-order valence-electron chi connectivity index (χ2n) is 5.18. The minimum Gasteiger partial charge on any atom is -0.481 e. The summed E-state index contributed by atoms with van der Waals surface area (Å²) in [6, 6.07) is 5.79. The van der Waals surface area contributed by atoms with Crippen LogP contribution in [0.25, 0.3) is 0 Å². The molecule has 0 aromatic heterocycles. The maximum Gasteiger partial charge on any atom is 0.314 e. The van der Waals surface area contributed by atoms with Crippen LogP contribution in [-0.2, 0) is 10.2 Å². The number of carboxylic acids is 1. The van der Waals surface area contributed by atoms with Gasteiger partial charge in [0.1, 0.15) is 0 Å². The molecule has 1 N–H and O–H groups in total. The van der Waals surface area contributed by atoms with Gasteiger partial charge in [0.25, 0.3) is 0 Å². The van der Waals surface area contributed by atoms with Crippen LogP contribution in [0.1, 0.15) is 31.4 Å². The molecule has 0 saturated heterocycles. The summed E-state index contributed by atoms with van der Waals surface area (Å²) >= 11 is 3.46. The van der Waals surface area contributed by atoms with Gasteiger partial charge in [-0.15, -0.1) is 0 Å². The van der Waals surface area contributed by atoms with Crippen LogP contribution in [0, 0.1) is 12.3 Å². The number of hydrogen-bond acceptors (Lipinski definition) is 1. The summed E-state index contributed by atoms with van der Waals surface area (Å²) < 4.78 is 0.980. The van der Waals surface area contributed by atoms with Crippen molar-refractivity contribution >= 4 is 21.9 Å². The predicted octanol–water partition coefficient (Wildman–Crippen LogP) is 3.51. The molecule has 1 fully saturated rings. The monoisotopic (exact) mass is 282 g/mol. The standard InChI is InChI=1S/C13H15BrO2/c1-8-9(5-4-6-10(8)14)13(11(15)16)7-12(13,2)3/h4-6H,7H2,1-3H3,(H,15,16). The highest BCUT2D eigenvalue weighted by Crippen LogP contribution is 2.65. The minimum absolute atomic E-state index is 0.148. The summed E-state index contributed by atoms with van der Waals surface area (Å²) in [5.74, 6) is -0.710. The van der Waals surface area contributed by atoms with E-state index in [1.54, 1.807) is 0 Å². The number of carbonyl (C=O) groups is 1. The molecule has 0 heterocycles. The van der Waals surface area contributed by atoms with Crippen molar-refractivity contribution in [1.29, 1.82) is 0 Å². The molecule has 2 rings (SSSR count). The van der Waals surface area contributed by atoms with Crippen LogP contribution in [0.2, 0.25) is 0 Å². The highest BCUT2D eigenvalue weighted by molar-refractivity contribution is 9.10. The molecule has 0 amide bonds. The average molecular weight is 283 g/mol. The van der Waals surface area contributed by atoms with Crippen LogP contribution in [0.4, 0.5) is 0 Å². The van der Waals surface area contributed by atoms with Crippen LogP contribution in [0.15, 0.2) is 22.7 Å². The number of benzene rings is 1. The maximum absolute atomic E-state index is 11.5. The summed E-state index contributed by atoms with van der Waals surface area (Å²) in [4.78, 5) is 11.5. The average Bonchev–Trinajstić information content (AvgIpc) is 2.75. The highest BCUT2D eigenvalue weighted by atomic mass is 79.9. The van der Waals surface area contributed by atoms with E-state index >= 15 is 0 Å². The lowest BCUT2D eigenvalue weighted by Gasteiger charge is -2.19. The molecule has 1 aliphatic rings. The Hall–Kier alpha value is -0.830.